The van der Waals surface area contributed by atoms with Gasteiger partial charge in [-0.1, -0.05) is 0 Å². The van der Waals surface area contributed by atoms with E-state index in [9.17, 15) is 0 Å². The largest absolute Gasteiger partial charge is 1.00 e. The molecule has 0 bridgehead atoms. The summed E-state index contributed by atoms with van der Waals surface area (Å²) in [6.45, 7) is 19.2. The van der Waals surface area contributed by atoms with Crippen LogP contribution in [0.2, 0.25) is 0 Å². The molecular weight excluding hydrogens is 370 g/mol. The van der Waals surface area contributed by atoms with Crippen molar-refractivity contribution >= 4 is 10.2 Å². The average molecular weight is 398 g/mol. The van der Waals surface area contributed by atoms with Crippen LogP contribution < -0.4 is 24.8 Å². The van der Waals surface area contributed by atoms with Crippen LogP contribution in [-0.4, -0.2) is 10.2 Å². The van der Waals surface area contributed by atoms with Gasteiger partial charge >= 0.3 is 126 Å². The minimum absolute atomic E-state index is 0. The van der Waals surface area contributed by atoms with Gasteiger partial charge in [-0.15, -0.1) is 0 Å². The molecule has 0 aromatic rings. The first-order chi connectivity index (χ1) is 7.39. The van der Waals surface area contributed by atoms with E-state index in [-0.39, 0.29) is 24.8 Å². The van der Waals surface area contributed by atoms with E-state index in [1.807, 2.05) is 0 Å². The molecule has 0 radical (unpaired) electrons. The van der Waals surface area contributed by atoms with E-state index < -0.39 is 0 Å². The second-order valence-corrected chi connectivity index (χ2v) is 9.73. The Morgan fingerprint density at radius 3 is 1.26 bits per heavy atom. The molecule has 1 aliphatic rings. The first-order valence-electron chi connectivity index (χ1n) is 6.50. The predicted octanol–water partition coefficient (Wildman–Crippen LogP) is -2.45. The molecule has 109 valence electrons. The molecule has 0 saturated carbocycles. The van der Waals surface area contributed by atoms with Gasteiger partial charge in [0, 0.05) is 0 Å². The van der Waals surface area contributed by atoms with Gasteiger partial charge in [0.25, 0.3) is 0 Å². The van der Waals surface area contributed by atoms with Gasteiger partial charge in [-0.05, 0) is 0 Å². The molecule has 0 amide bonds. The predicted molar refractivity (Wildman–Crippen MR) is 76.7 cm³/mol. The molecule has 4 heteroatoms. The van der Waals surface area contributed by atoms with Crippen molar-refractivity contribution in [2.75, 3.05) is 0 Å². The minimum atomic E-state index is 0. The zero-order chi connectivity index (χ0) is 13.8. The number of halogens is 2. The van der Waals surface area contributed by atoms with Crippen LogP contribution in [0.25, 0.3) is 0 Å². The van der Waals surface area contributed by atoms with Gasteiger partial charge in [0.1, 0.15) is 0 Å². The quantitative estimate of drug-likeness (QED) is 0.398. The van der Waals surface area contributed by atoms with E-state index in [0.29, 0.717) is 16.2 Å². The second kappa shape index (κ2) is 6.51. The van der Waals surface area contributed by atoms with Crippen molar-refractivity contribution in [2.45, 2.75) is 55.4 Å². The zero-order valence-electron chi connectivity index (χ0n) is 13.8. The molecule has 1 rings (SSSR count). The first kappa shape index (κ1) is 22.4. The van der Waals surface area contributed by atoms with Gasteiger partial charge in [-0.3, -0.25) is 0 Å². The summed E-state index contributed by atoms with van der Waals surface area (Å²) in [4.78, 5) is 0. The minimum Gasteiger partial charge on any atom is -1.00 e. The standard InChI is InChI=1S/C15H27Si.2ClH.Zr/c1-10-9-15(13(3,4)5,14(6,7)8)12(16)11(10)2;;;/h1-8,16H3;2*1H;/q;;;+2/p-2. The zero-order valence-corrected chi connectivity index (χ0v) is 19.7. The van der Waals surface area contributed by atoms with Crippen molar-refractivity contribution in [1.29, 1.82) is 0 Å². The summed E-state index contributed by atoms with van der Waals surface area (Å²) in [5, 5.41) is 1.74. The molecule has 0 fully saturated rings. The van der Waals surface area contributed by atoms with E-state index >= 15 is 0 Å². The molecule has 0 N–H and O–H groups in total. The van der Waals surface area contributed by atoms with Crippen molar-refractivity contribution < 1.29 is 49.5 Å². The first-order valence-corrected chi connectivity index (χ1v) is 8.73. The monoisotopic (exact) mass is 395 g/mol. The van der Waals surface area contributed by atoms with E-state index in [0.717, 1.165) is 0 Å². The molecule has 0 aromatic heterocycles. The Kier molecular flexibility index (Phi) is 7.69. The summed E-state index contributed by atoms with van der Waals surface area (Å²) in [5.41, 5.74) is 4.07. The fourth-order valence-corrected chi connectivity index (χ4v) is 9.72. The topological polar surface area (TPSA) is 0 Å². The summed E-state index contributed by atoms with van der Waals surface area (Å²) in [7, 11) is 1.18. The van der Waals surface area contributed by atoms with E-state index in [4.69, 9.17) is 0 Å². The van der Waals surface area contributed by atoms with Crippen LogP contribution >= 0.6 is 0 Å². The van der Waals surface area contributed by atoms with Crippen LogP contribution in [0.4, 0.5) is 0 Å². The fourth-order valence-electron chi connectivity index (χ4n) is 4.22. The Morgan fingerprint density at radius 2 is 1.16 bits per heavy atom. The Morgan fingerprint density at radius 1 is 0.842 bits per heavy atom. The van der Waals surface area contributed by atoms with Crippen LogP contribution in [0.15, 0.2) is 19.6 Å². The molecule has 0 heterocycles. The molecule has 1 aliphatic carbocycles. The van der Waals surface area contributed by atoms with Gasteiger partial charge in [0.2, 0.25) is 0 Å². The van der Waals surface area contributed by atoms with Crippen molar-refractivity contribution in [3.8, 4) is 0 Å². The summed E-state index contributed by atoms with van der Waals surface area (Å²) in [6.07, 6.45) is 0. The Bertz CT molecular complexity index is 369. The number of allylic oxidation sites excluding steroid dienone is 4. The summed E-state index contributed by atoms with van der Waals surface area (Å²) in [5.74, 6) is 0. The van der Waals surface area contributed by atoms with Crippen LogP contribution in [0.1, 0.15) is 55.4 Å². The molecule has 19 heavy (non-hydrogen) atoms. The third kappa shape index (κ3) is 3.03. The molecule has 0 nitrogen and oxygen atoms in total. The summed E-state index contributed by atoms with van der Waals surface area (Å²) in [6, 6.07) is 0. The smallest absolute Gasteiger partial charge is 1.00 e. The number of hydrogen-bond donors (Lipinski definition) is 0. The molecule has 0 spiro atoms. The summed E-state index contributed by atoms with van der Waals surface area (Å²) < 4.78 is 1.70. The van der Waals surface area contributed by atoms with Crippen LogP contribution in [0.5, 0.6) is 0 Å². The summed E-state index contributed by atoms with van der Waals surface area (Å²) >= 11 is 1.60. The molecule has 0 aliphatic heterocycles. The normalized spacial score (nSPS) is 19.5. The third-order valence-electron chi connectivity index (χ3n) is 4.69. The van der Waals surface area contributed by atoms with Crippen molar-refractivity contribution in [3.63, 3.8) is 0 Å². The molecule has 0 atom stereocenters. The molecular formula is C15H27Cl2SiZr. The third-order valence-corrected chi connectivity index (χ3v) is 8.03. The maximum atomic E-state index is 2.42. The van der Waals surface area contributed by atoms with Crippen molar-refractivity contribution in [2.24, 2.45) is 16.2 Å². The van der Waals surface area contributed by atoms with E-state index in [2.05, 4.69) is 55.4 Å². The van der Waals surface area contributed by atoms with Crippen molar-refractivity contribution in [3.05, 3.63) is 19.6 Å². The number of hydrogen-bond acceptors (Lipinski definition) is 0. The fraction of sp³-hybridized carbons (Fsp3) is 0.733. The maximum absolute atomic E-state index is 2.42. The van der Waals surface area contributed by atoms with E-state index in [1.54, 1.807) is 44.3 Å². The van der Waals surface area contributed by atoms with E-state index in [1.165, 1.54) is 10.2 Å². The van der Waals surface area contributed by atoms with Crippen LogP contribution in [-0.2, 0) is 24.7 Å². The second-order valence-electron chi connectivity index (χ2n) is 7.50. The molecule has 0 aromatic carbocycles. The van der Waals surface area contributed by atoms with Gasteiger partial charge in [-0.25, -0.2) is 0 Å². The van der Waals surface area contributed by atoms with Crippen molar-refractivity contribution in [1.82, 2.24) is 0 Å². The van der Waals surface area contributed by atoms with Crippen LogP contribution in [0.3, 0.4) is 0 Å². The van der Waals surface area contributed by atoms with Gasteiger partial charge in [-0.2, -0.15) is 0 Å². The number of rotatable bonds is 0. The Labute approximate surface area is 150 Å². The SMILES string of the molecule is CC1=C([SiH3])C(C(C)(C)C)(C(C)(C)C)[C]([Zr+2])=C1C.[Cl-].[Cl-]. The Balaban J connectivity index is 0. The van der Waals surface area contributed by atoms with Gasteiger partial charge in [0.05, 0.1) is 0 Å². The molecule has 0 saturated heterocycles. The molecule has 0 unspecified atom stereocenters. The maximum Gasteiger partial charge on any atom is -1.00 e. The van der Waals surface area contributed by atoms with Gasteiger partial charge in [0.15, 0.2) is 0 Å². The van der Waals surface area contributed by atoms with Crippen LogP contribution in [0, 0.1) is 16.2 Å². The van der Waals surface area contributed by atoms with Gasteiger partial charge < -0.3 is 24.8 Å². The Hall–Kier alpha value is 1.16. The average Bonchev–Trinajstić information content (AvgIpc) is 2.26.